The van der Waals surface area contributed by atoms with Crippen LogP contribution >= 0.6 is 7.60 Å². The van der Waals surface area contributed by atoms with Crippen molar-refractivity contribution in [2.45, 2.75) is 12.3 Å². The summed E-state index contributed by atoms with van der Waals surface area (Å²) in [5.74, 6) is 1.32. The number of nitrogens with zero attached hydrogens (tertiary/aromatic N) is 1. The number of nitrogens with one attached hydrogen (secondary N) is 2. The van der Waals surface area contributed by atoms with Crippen LogP contribution in [0.1, 0.15) is 6.23 Å². The summed E-state index contributed by atoms with van der Waals surface area (Å²) in [6.07, 6.45) is 1.92. The van der Waals surface area contributed by atoms with Crippen molar-refractivity contribution >= 4 is 7.60 Å². The first kappa shape index (κ1) is 16.9. The minimum absolute atomic E-state index is 0.405. The number of aromatic amines is 1. The van der Waals surface area contributed by atoms with E-state index in [0.29, 0.717) is 13.1 Å². The molecule has 0 saturated carbocycles. The third-order valence-corrected chi connectivity index (χ3v) is 4.71. The SMILES string of the molecule is COP(=O)(/C=C/[C@@H]1CNC[C@H](n2ccc(=O)[nH]c2=O)O1)OC. The minimum Gasteiger partial charge on any atom is -0.348 e. The fourth-order valence-electron chi connectivity index (χ4n) is 1.98. The van der Waals surface area contributed by atoms with Crippen molar-refractivity contribution in [3.05, 3.63) is 45.0 Å². The van der Waals surface area contributed by atoms with Crippen molar-refractivity contribution in [3.63, 3.8) is 0 Å². The van der Waals surface area contributed by atoms with Crippen LogP contribution in [0.4, 0.5) is 0 Å². The molecule has 1 aromatic heterocycles. The Morgan fingerprint density at radius 2 is 2.09 bits per heavy atom. The maximum atomic E-state index is 11.9. The van der Waals surface area contributed by atoms with E-state index in [2.05, 4.69) is 10.3 Å². The van der Waals surface area contributed by atoms with E-state index in [-0.39, 0.29) is 0 Å². The number of ether oxygens (including phenoxy) is 1. The summed E-state index contributed by atoms with van der Waals surface area (Å²) < 4.78 is 28.5. The van der Waals surface area contributed by atoms with E-state index >= 15 is 0 Å². The van der Waals surface area contributed by atoms with Crippen molar-refractivity contribution < 1.29 is 18.3 Å². The molecule has 10 heteroatoms. The lowest BCUT2D eigenvalue weighted by Gasteiger charge is -2.30. The number of hydrogen-bond donors (Lipinski definition) is 2. The molecule has 1 aliphatic heterocycles. The standard InChI is InChI=1S/C12H18N3O6P/c1-19-22(18,20-2)6-4-9-7-13-8-11(21-9)15-5-3-10(16)14-12(15)17/h3-6,9,11,13H,7-8H2,1-2H3,(H,14,16,17)/b6-4+/t9-,11-/m1/s1. The zero-order valence-electron chi connectivity index (χ0n) is 12.2. The van der Waals surface area contributed by atoms with E-state index in [9.17, 15) is 14.2 Å². The summed E-state index contributed by atoms with van der Waals surface area (Å²) in [7, 11) is -0.682. The lowest BCUT2D eigenvalue weighted by molar-refractivity contribution is -0.0579. The number of rotatable bonds is 5. The fraction of sp³-hybridized carbons (Fsp3) is 0.500. The largest absolute Gasteiger partial charge is 0.353 e. The first-order valence-corrected chi connectivity index (χ1v) is 8.17. The van der Waals surface area contributed by atoms with Gasteiger partial charge >= 0.3 is 13.3 Å². The van der Waals surface area contributed by atoms with Gasteiger partial charge in [-0.2, -0.15) is 0 Å². The fourth-order valence-corrected chi connectivity index (χ4v) is 2.77. The predicted molar refractivity (Wildman–Crippen MR) is 78.9 cm³/mol. The quantitative estimate of drug-likeness (QED) is 0.732. The van der Waals surface area contributed by atoms with Gasteiger partial charge in [0.15, 0.2) is 6.23 Å². The zero-order valence-corrected chi connectivity index (χ0v) is 13.1. The highest BCUT2D eigenvalue weighted by atomic mass is 31.2. The van der Waals surface area contributed by atoms with Gasteiger partial charge in [-0.25, -0.2) is 4.79 Å². The topological polar surface area (TPSA) is 112 Å². The van der Waals surface area contributed by atoms with Crippen LogP contribution < -0.4 is 16.6 Å². The number of H-pyrrole nitrogens is 1. The Labute approximate surface area is 126 Å². The van der Waals surface area contributed by atoms with Gasteiger partial charge in [-0.1, -0.05) is 0 Å². The highest BCUT2D eigenvalue weighted by Crippen LogP contribution is 2.48. The summed E-state index contributed by atoms with van der Waals surface area (Å²) in [5.41, 5.74) is -1.02. The Morgan fingerprint density at radius 3 is 2.73 bits per heavy atom. The second-order valence-corrected chi connectivity index (χ2v) is 6.66. The van der Waals surface area contributed by atoms with Gasteiger partial charge < -0.3 is 19.1 Å². The average molecular weight is 331 g/mol. The lowest BCUT2D eigenvalue weighted by Crippen LogP contribution is -2.45. The summed E-state index contributed by atoms with van der Waals surface area (Å²) in [4.78, 5) is 25.0. The van der Waals surface area contributed by atoms with E-state index in [1.54, 1.807) is 6.08 Å². The Morgan fingerprint density at radius 1 is 1.36 bits per heavy atom. The average Bonchev–Trinajstić information content (AvgIpc) is 2.53. The van der Waals surface area contributed by atoms with Gasteiger partial charge in [0.25, 0.3) is 5.56 Å². The second kappa shape index (κ2) is 7.17. The van der Waals surface area contributed by atoms with Crippen molar-refractivity contribution in [2.75, 3.05) is 27.3 Å². The highest BCUT2D eigenvalue weighted by molar-refractivity contribution is 7.57. The van der Waals surface area contributed by atoms with Gasteiger partial charge in [-0.15, -0.1) is 0 Å². The Hall–Kier alpha value is -1.51. The van der Waals surface area contributed by atoms with Crippen molar-refractivity contribution in [1.29, 1.82) is 0 Å². The molecular formula is C12H18N3O6P. The normalized spacial score (nSPS) is 23.0. The summed E-state index contributed by atoms with van der Waals surface area (Å²) in [5, 5.41) is 3.10. The molecule has 2 atom stereocenters. The van der Waals surface area contributed by atoms with Gasteiger partial charge in [0.2, 0.25) is 0 Å². The van der Waals surface area contributed by atoms with Crippen LogP contribution in [0.15, 0.2) is 33.7 Å². The van der Waals surface area contributed by atoms with Crippen molar-refractivity contribution in [2.24, 2.45) is 0 Å². The highest BCUT2D eigenvalue weighted by Gasteiger charge is 2.24. The van der Waals surface area contributed by atoms with Crippen LogP contribution in [-0.4, -0.2) is 43.0 Å². The van der Waals surface area contributed by atoms with E-state index in [1.807, 2.05) is 0 Å². The third kappa shape index (κ3) is 4.02. The summed E-state index contributed by atoms with van der Waals surface area (Å²) >= 11 is 0. The van der Waals surface area contributed by atoms with Crippen LogP contribution in [0.5, 0.6) is 0 Å². The molecule has 1 aromatic rings. The molecule has 122 valence electrons. The third-order valence-electron chi connectivity index (χ3n) is 3.15. The molecule has 0 radical (unpaired) electrons. The molecule has 0 unspecified atom stereocenters. The molecule has 1 saturated heterocycles. The van der Waals surface area contributed by atoms with E-state index in [4.69, 9.17) is 13.8 Å². The molecule has 0 aliphatic carbocycles. The van der Waals surface area contributed by atoms with Gasteiger partial charge in [-0.05, 0) is 6.08 Å². The Balaban J connectivity index is 2.12. The predicted octanol–water partition coefficient (Wildman–Crippen LogP) is 0.0232. The molecule has 0 amide bonds. The number of aromatic nitrogens is 2. The smallest absolute Gasteiger partial charge is 0.348 e. The molecule has 2 rings (SSSR count). The van der Waals surface area contributed by atoms with Crippen LogP contribution in [0.2, 0.25) is 0 Å². The summed E-state index contributed by atoms with van der Waals surface area (Å²) in [6, 6.07) is 1.24. The zero-order chi connectivity index (χ0) is 16.2. The first-order chi connectivity index (χ1) is 10.5. The maximum Gasteiger partial charge on any atom is 0.353 e. The Bertz CT molecular complexity index is 689. The number of morpholine rings is 1. The van der Waals surface area contributed by atoms with Crippen LogP contribution in [-0.2, 0) is 18.3 Å². The van der Waals surface area contributed by atoms with Crippen LogP contribution in [0.25, 0.3) is 0 Å². The van der Waals surface area contributed by atoms with Gasteiger partial charge in [0.1, 0.15) is 0 Å². The van der Waals surface area contributed by atoms with Gasteiger partial charge in [0, 0.05) is 45.4 Å². The molecule has 2 N–H and O–H groups in total. The summed E-state index contributed by atoms with van der Waals surface area (Å²) in [6.45, 7) is 0.890. The lowest BCUT2D eigenvalue weighted by atomic mass is 10.3. The van der Waals surface area contributed by atoms with E-state index in [1.165, 1.54) is 36.9 Å². The molecule has 1 fully saturated rings. The molecular weight excluding hydrogens is 313 g/mol. The van der Waals surface area contributed by atoms with Crippen molar-refractivity contribution in [3.8, 4) is 0 Å². The van der Waals surface area contributed by atoms with Crippen LogP contribution in [0, 0.1) is 0 Å². The van der Waals surface area contributed by atoms with Crippen molar-refractivity contribution in [1.82, 2.24) is 14.9 Å². The molecule has 9 nitrogen and oxygen atoms in total. The maximum absolute atomic E-state index is 11.9. The molecule has 2 heterocycles. The van der Waals surface area contributed by atoms with Gasteiger partial charge in [0.05, 0.1) is 6.10 Å². The van der Waals surface area contributed by atoms with Gasteiger partial charge in [-0.3, -0.25) is 18.9 Å². The number of hydrogen-bond acceptors (Lipinski definition) is 7. The molecule has 0 aromatic carbocycles. The Kier molecular flexibility index (Phi) is 5.49. The van der Waals surface area contributed by atoms with Crippen LogP contribution in [0.3, 0.4) is 0 Å². The molecule has 22 heavy (non-hydrogen) atoms. The van der Waals surface area contributed by atoms with E-state index in [0.717, 1.165) is 0 Å². The van der Waals surface area contributed by atoms with E-state index < -0.39 is 31.2 Å². The monoisotopic (exact) mass is 331 g/mol. The molecule has 0 bridgehead atoms. The first-order valence-electron chi connectivity index (χ1n) is 6.55. The molecule has 1 aliphatic rings. The minimum atomic E-state index is -3.26. The second-order valence-electron chi connectivity index (χ2n) is 4.55. The molecule has 0 spiro atoms.